The largest absolute Gasteiger partial charge is 0.508 e. The first-order chi connectivity index (χ1) is 6.15. The van der Waals surface area contributed by atoms with E-state index in [-0.39, 0.29) is 5.75 Å². The SMILES string of the molecule is NCC[C@@H](O)c1cc(O)ccc1Br. The molecule has 72 valence electrons. The Bertz CT molecular complexity index is 291. The molecular formula is C9H12BrNO2. The summed E-state index contributed by atoms with van der Waals surface area (Å²) in [6.07, 6.45) is -0.131. The number of halogens is 1. The van der Waals surface area contributed by atoms with Gasteiger partial charge in [-0.25, -0.2) is 0 Å². The smallest absolute Gasteiger partial charge is 0.116 e. The number of aliphatic hydroxyl groups is 1. The quantitative estimate of drug-likeness (QED) is 0.757. The number of phenolic OH excluding ortho intramolecular Hbond substituents is 1. The third-order valence-corrected chi connectivity index (χ3v) is 2.50. The van der Waals surface area contributed by atoms with Gasteiger partial charge in [0.05, 0.1) is 6.10 Å². The number of aromatic hydroxyl groups is 1. The van der Waals surface area contributed by atoms with Gasteiger partial charge in [-0.2, -0.15) is 0 Å². The fourth-order valence-electron chi connectivity index (χ4n) is 1.10. The Balaban J connectivity index is 2.91. The van der Waals surface area contributed by atoms with Gasteiger partial charge in [0.25, 0.3) is 0 Å². The van der Waals surface area contributed by atoms with Crippen molar-refractivity contribution in [3.8, 4) is 5.75 Å². The molecule has 0 saturated carbocycles. The van der Waals surface area contributed by atoms with E-state index in [2.05, 4.69) is 15.9 Å². The number of phenols is 1. The van der Waals surface area contributed by atoms with E-state index in [1.807, 2.05) is 0 Å². The van der Waals surface area contributed by atoms with Crippen LogP contribution in [0.4, 0.5) is 0 Å². The van der Waals surface area contributed by atoms with Crippen LogP contribution >= 0.6 is 15.9 Å². The lowest BCUT2D eigenvalue weighted by molar-refractivity contribution is 0.169. The topological polar surface area (TPSA) is 66.5 Å². The van der Waals surface area contributed by atoms with Gasteiger partial charge in [0.2, 0.25) is 0 Å². The van der Waals surface area contributed by atoms with E-state index in [9.17, 15) is 10.2 Å². The van der Waals surface area contributed by atoms with Crippen LogP contribution in [0.1, 0.15) is 18.1 Å². The van der Waals surface area contributed by atoms with Gasteiger partial charge in [-0.15, -0.1) is 0 Å². The monoisotopic (exact) mass is 245 g/mol. The van der Waals surface area contributed by atoms with Crippen LogP contribution in [0, 0.1) is 0 Å². The zero-order chi connectivity index (χ0) is 9.84. The highest BCUT2D eigenvalue weighted by atomic mass is 79.9. The van der Waals surface area contributed by atoms with E-state index in [1.54, 1.807) is 12.1 Å². The molecule has 0 heterocycles. The molecule has 13 heavy (non-hydrogen) atoms. The fraction of sp³-hybridized carbons (Fsp3) is 0.333. The molecular weight excluding hydrogens is 234 g/mol. The van der Waals surface area contributed by atoms with Crippen molar-refractivity contribution in [2.24, 2.45) is 5.73 Å². The second-order valence-electron chi connectivity index (χ2n) is 2.80. The van der Waals surface area contributed by atoms with Crippen LogP contribution in [0.15, 0.2) is 22.7 Å². The zero-order valence-corrected chi connectivity index (χ0v) is 8.66. The molecule has 4 heteroatoms. The maximum absolute atomic E-state index is 9.60. The number of hydrogen-bond donors (Lipinski definition) is 3. The molecule has 1 aromatic carbocycles. The van der Waals surface area contributed by atoms with Gasteiger partial charge < -0.3 is 15.9 Å². The number of benzene rings is 1. The van der Waals surface area contributed by atoms with E-state index >= 15 is 0 Å². The van der Waals surface area contributed by atoms with Crippen molar-refractivity contribution in [2.45, 2.75) is 12.5 Å². The first-order valence-electron chi connectivity index (χ1n) is 4.01. The minimum absolute atomic E-state index is 0.147. The van der Waals surface area contributed by atoms with Crippen LogP contribution in [-0.4, -0.2) is 16.8 Å². The fourth-order valence-corrected chi connectivity index (χ4v) is 1.61. The minimum Gasteiger partial charge on any atom is -0.508 e. The molecule has 0 aliphatic rings. The standard InChI is InChI=1S/C9H12BrNO2/c10-8-2-1-6(12)5-7(8)9(13)3-4-11/h1-2,5,9,12-13H,3-4,11H2/t9-/m1/s1. The Hall–Kier alpha value is -0.580. The van der Waals surface area contributed by atoms with Gasteiger partial charge in [0.1, 0.15) is 5.75 Å². The van der Waals surface area contributed by atoms with Crippen molar-refractivity contribution in [1.82, 2.24) is 0 Å². The average molecular weight is 246 g/mol. The van der Waals surface area contributed by atoms with Gasteiger partial charge in [-0.3, -0.25) is 0 Å². The van der Waals surface area contributed by atoms with Crippen molar-refractivity contribution < 1.29 is 10.2 Å². The third-order valence-electron chi connectivity index (χ3n) is 1.78. The molecule has 0 aliphatic heterocycles. The Morgan fingerprint density at radius 1 is 1.46 bits per heavy atom. The van der Waals surface area contributed by atoms with Gasteiger partial charge in [0.15, 0.2) is 0 Å². The Kier molecular flexibility index (Phi) is 3.71. The molecule has 3 nitrogen and oxygen atoms in total. The van der Waals surface area contributed by atoms with Gasteiger partial charge >= 0.3 is 0 Å². The molecule has 0 unspecified atom stereocenters. The van der Waals surface area contributed by atoms with Crippen LogP contribution in [0.3, 0.4) is 0 Å². The second kappa shape index (κ2) is 4.60. The lowest BCUT2D eigenvalue weighted by Crippen LogP contribution is -2.07. The normalized spacial score (nSPS) is 12.8. The van der Waals surface area contributed by atoms with Crippen molar-refractivity contribution in [3.05, 3.63) is 28.2 Å². The molecule has 0 spiro atoms. The number of hydrogen-bond acceptors (Lipinski definition) is 3. The van der Waals surface area contributed by atoms with Crippen LogP contribution in [0.25, 0.3) is 0 Å². The highest BCUT2D eigenvalue weighted by molar-refractivity contribution is 9.10. The first kappa shape index (κ1) is 10.5. The highest BCUT2D eigenvalue weighted by Crippen LogP contribution is 2.28. The van der Waals surface area contributed by atoms with E-state index in [4.69, 9.17) is 5.73 Å². The number of nitrogens with two attached hydrogens (primary N) is 1. The van der Waals surface area contributed by atoms with Gasteiger partial charge in [0, 0.05) is 4.47 Å². The molecule has 1 rings (SSSR count). The summed E-state index contributed by atoms with van der Waals surface area (Å²) >= 11 is 3.29. The summed E-state index contributed by atoms with van der Waals surface area (Å²) in [6, 6.07) is 4.79. The molecule has 0 amide bonds. The molecule has 1 aromatic rings. The van der Waals surface area contributed by atoms with Crippen molar-refractivity contribution in [3.63, 3.8) is 0 Å². The second-order valence-corrected chi connectivity index (χ2v) is 3.65. The summed E-state index contributed by atoms with van der Waals surface area (Å²) in [4.78, 5) is 0. The number of rotatable bonds is 3. The van der Waals surface area contributed by atoms with E-state index in [1.165, 1.54) is 6.07 Å². The highest BCUT2D eigenvalue weighted by Gasteiger charge is 2.10. The summed E-state index contributed by atoms with van der Waals surface area (Å²) in [5.74, 6) is 0.147. The Morgan fingerprint density at radius 2 is 2.15 bits per heavy atom. The lowest BCUT2D eigenvalue weighted by Gasteiger charge is -2.11. The maximum Gasteiger partial charge on any atom is 0.116 e. The molecule has 4 N–H and O–H groups in total. The van der Waals surface area contributed by atoms with Crippen molar-refractivity contribution in [1.29, 1.82) is 0 Å². The zero-order valence-electron chi connectivity index (χ0n) is 7.07. The van der Waals surface area contributed by atoms with E-state index in [0.717, 1.165) is 4.47 Å². The predicted molar refractivity (Wildman–Crippen MR) is 54.4 cm³/mol. The third kappa shape index (κ3) is 2.69. The van der Waals surface area contributed by atoms with Crippen LogP contribution in [0.5, 0.6) is 5.75 Å². The average Bonchev–Trinajstić information content (AvgIpc) is 2.09. The Morgan fingerprint density at radius 3 is 2.77 bits per heavy atom. The van der Waals surface area contributed by atoms with Crippen LogP contribution in [0.2, 0.25) is 0 Å². The molecule has 0 saturated heterocycles. The summed E-state index contributed by atoms with van der Waals surface area (Å²) in [5, 5.41) is 18.8. The van der Waals surface area contributed by atoms with Crippen molar-refractivity contribution in [2.75, 3.05) is 6.54 Å². The summed E-state index contributed by atoms with van der Waals surface area (Å²) in [7, 11) is 0. The van der Waals surface area contributed by atoms with Crippen LogP contribution < -0.4 is 5.73 Å². The molecule has 0 fully saturated rings. The maximum atomic E-state index is 9.60. The molecule has 0 aromatic heterocycles. The predicted octanol–water partition coefficient (Wildman–Crippen LogP) is 1.54. The van der Waals surface area contributed by atoms with Gasteiger partial charge in [-0.05, 0) is 36.7 Å². The van der Waals surface area contributed by atoms with Crippen LogP contribution in [-0.2, 0) is 0 Å². The van der Waals surface area contributed by atoms with E-state index < -0.39 is 6.10 Å². The summed E-state index contributed by atoms with van der Waals surface area (Å²) in [5.41, 5.74) is 5.99. The Labute approximate surface area is 85.3 Å². The van der Waals surface area contributed by atoms with E-state index in [0.29, 0.717) is 18.5 Å². The molecule has 0 bridgehead atoms. The molecule has 1 atom stereocenters. The van der Waals surface area contributed by atoms with Gasteiger partial charge in [-0.1, -0.05) is 15.9 Å². The first-order valence-corrected chi connectivity index (χ1v) is 4.81. The summed E-state index contributed by atoms with van der Waals surface area (Å²) in [6.45, 7) is 0.420. The number of aliphatic hydroxyl groups excluding tert-OH is 1. The molecule has 0 aliphatic carbocycles. The minimum atomic E-state index is -0.619. The lowest BCUT2D eigenvalue weighted by atomic mass is 10.1. The van der Waals surface area contributed by atoms with Crippen molar-refractivity contribution >= 4 is 15.9 Å². The summed E-state index contributed by atoms with van der Waals surface area (Å²) < 4.78 is 0.784. The molecule has 0 radical (unpaired) electrons.